The molecule has 0 aromatic carbocycles. The van der Waals surface area contributed by atoms with Crippen molar-refractivity contribution in [2.45, 2.75) is 82.7 Å². The molecule has 0 heterocycles. The van der Waals surface area contributed by atoms with Crippen molar-refractivity contribution in [2.75, 3.05) is 45.9 Å². The fourth-order valence-corrected chi connectivity index (χ4v) is 3.48. The fraction of sp³-hybridized carbons (Fsp3) is 0.870. The molecule has 0 aliphatic heterocycles. The summed E-state index contributed by atoms with van der Waals surface area (Å²) in [5.41, 5.74) is 27.6. The summed E-state index contributed by atoms with van der Waals surface area (Å²) >= 11 is 0. The Labute approximate surface area is 209 Å². The molecule has 0 aromatic rings. The summed E-state index contributed by atoms with van der Waals surface area (Å²) in [5.74, 6) is -0.372. The second-order valence-electron chi connectivity index (χ2n) is 8.78. The van der Waals surface area contributed by atoms with Crippen molar-refractivity contribution in [3.8, 4) is 0 Å². The van der Waals surface area contributed by atoms with E-state index in [2.05, 4.69) is 5.32 Å². The normalized spacial score (nSPS) is 12.6. The Balaban J connectivity index is 4.88. The Morgan fingerprint density at radius 1 is 0.743 bits per heavy atom. The molecule has 0 saturated carbocycles. The van der Waals surface area contributed by atoms with Gasteiger partial charge in [0.05, 0.1) is 6.04 Å². The van der Waals surface area contributed by atoms with Gasteiger partial charge in [-0.25, -0.2) is 9.59 Å². The van der Waals surface area contributed by atoms with Crippen molar-refractivity contribution in [1.29, 1.82) is 0 Å². The fourth-order valence-electron chi connectivity index (χ4n) is 3.48. The lowest BCUT2D eigenvalue weighted by Crippen LogP contribution is -2.47. The maximum absolute atomic E-state index is 12.7. The first-order valence-electron chi connectivity index (χ1n) is 12.8. The first kappa shape index (κ1) is 32.8. The van der Waals surface area contributed by atoms with Gasteiger partial charge in [0.25, 0.3) is 0 Å². The molecule has 0 bridgehead atoms. The summed E-state index contributed by atoms with van der Waals surface area (Å²) in [6.07, 6.45) is 7.69. The molecular weight excluding hydrogens is 454 g/mol. The van der Waals surface area contributed by atoms with E-state index in [-0.39, 0.29) is 31.7 Å². The van der Waals surface area contributed by atoms with Gasteiger partial charge < -0.3 is 43.5 Å². The highest BCUT2D eigenvalue weighted by Crippen LogP contribution is 2.07. The SMILES string of the molecule is NCCCCCCCN(CC(=O)N[C@@H](CCCCN)COC(N)=O)C(=O)OC[C@@H](N)CCCCN. The molecule has 11 N–H and O–H groups in total. The van der Waals surface area contributed by atoms with Gasteiger partial charge in [-0.05, 0) is 58.2 Å². The maximum atomic E-state index is 12.7. The van der Waals surface area contributed by atoms with E-state index in [9.17, 15) is 14.4 Å². The topological polar surface area (TPSA) is 215 Å². The van der Waals surface area contributed by atoms with E-state index in [1.165, 1.54) is 4.90 Å². The molecule has 0 aliphatic carbocycles. The first-order valence-corrected chi connectivity index (χ1v) is 12.8. The van der Waals surface area contributed by atoms with E-state index >= 15 is 0 Å². The summed E-state index contributed by atoms with van der Waals surface area (Å²) in [7, 11) is 0. The molecule has 0 aromatic heterocycles. The van der Waals surface area contributed by atoms with Crippen LogP contribution in [0.5, 0.6) is 0 Å². The van der Waals surface area contributed by atoms with E-state index in [1.807, 2.05) is 0 Å². The third kappa shape index (κ3) is 19.8. The zero-order valence-electron chi connectivity index (χ0n) is 21.3. The van der Waals surface area contributed by atoms with Crippen LogP contribution in [0.3, 0.4) is 0 Å². The molecule has 0 unspecified atom stereocenters. The number of primary amides is 1. The lowest BCUT2D eigenvalue weighted by atomic mass is 10.1. The number of unbranched alkanes of at least 4 members (excludes halogenated alkanes) is 6. The van der Waals surface area contributed by atoms with Gasteiger partial charge in [0, 0.05) is 12.6 Å². The van der Waals surface area contributed by atoms with Crippen LogP contribution in [0.25, 0.3) is 0 Å². The number of carbonyl (C=O) groups excluding carboxylic acids is 3. The highest BCUT2D eigenvalue weighted by molar-refractivity contribution is 5.82. The molecule has 0 aliphatic rings. The van der Waals surface area contributed by atoms with Gasteiger partial charge in [-0.1, -0.05) is 32.1 Å². The summed E-state index contributed by atoms with van der Waals surface area (Å²) in [6.45, 7) is 2.02. The van der Waals surface area contributed by atoms with Gasteiger partial charge in [0.15, 0.2) is 0 Å². The third-order valence-electron chi connectivity index (χ3n) is 5.47. The van der Waals surface area contributed by atoms with E-state index in [1.54, 1.807) is 0 Å². The van der Waals surface area contributed by atoms with Gasteiger partial charge in [0.2, 0.25) is 5.91 Å². The van der Waals surface area contributed by atoms with Crippen LogP contribution in [0, 0.1) is 0 Å². The molecule has 2 atom stereocenters. The molecular formula is C23H49N7O5. The number of hydrogen-bond acceptors (Lipinski definition) is 9. The Bertz CT molecular complexity index is 568. The zero-order chi connectivity index (χ0) is 26.3. The first-order chi connectivity index (χ1) is 16.8. The Hall–Kier alpha value is -2.15. The van der Waals surface area contributed by atoms with Crippen LogP contribution in [0.2, 0.25) is 0 Å². The van der Waals surface area contributed by atoms with Gasteiger partial charge >= 0.3 is 12.2 Å². The number of nitrogens with zero attached hydrogens (tertiary/aromatic N) is 1. The number of carbonyl (C=O) groups is 3. The van der Waals surface area contributed by atoms with Crippen LogP contribution >= 0.6 is 0 Å². The van der Waals surface area contributed by atoms with Gasteiger partial charge in [0.1, 0.15) is 19.8 Å². The Morgan fingerprint density at radius 3 is 1.94 bits per heavy atom. The average molecular weight is 504 g/mol. The molecule has 35 heavy (non-hydrogen) atoms. The number of ether oxygens (including phenoxy) is 2. The second-order valence-corrected chi connectivity index (χ2v) is 8.78. The lowest BCUT2D eigenvalue weighted by molar-refractivity contribution is -0.123. The van der Waals surface area contributed by atoms with Crippen molar-refractivity contribution in [3.05, 3.63) is 0 Å². The van der Waals surface area contributed by atoms with Crippen LogP contribution in [0.1, 0.15) is 70.6 Å². The van der Waals surface area contributed by atoms with Gasteiger partial charge in [-0.15, -0.1) is 0 Å². The summed E-state index contributed by atoms with van der Waals surface area (Å²) in [5, 5.41) is 2.82. The van der Waals surface area contributed by atoms with Gasteiger partial charge in [-0.3, -0.25) is 9.69 Å². The van der Waals surface area contributed by atoms with Crippen molar-refractivity contribution >= 4 is 18.1 Å². The molecule has 12 nitrogen and oxygen atoms in total. The minimum atomic E-state index is -0.911. The van der Waals surface area contributed by atoms with Gasteiger partial charge in [-0.2, -0.15) is 0 Å². The molecule has 12 heteroatoms. The summed E-state index contributed by atoms with van der Waals surface area (Å²) in [4.78, 5) is 37.8. The van der Waals surface area contributed by atoms with Crippen molar-refractivity contribution < 1.29 is 23.9 Å². The van der Waals surface area contributed by atoms with Crippen LogP contribution in [-0.4, -0.2) is 81.0 Å². The average Bonchev–Trinajstić information content (AvgIpc) is 2.82. The summed E-state index contributed by atoms with van der Waals surface area (Å²) in [6, 6.07) is -0.707. The van der Waals surface area contributed by atoms with E-state index in [0.29, 0.717) is 39.0 Å². The predicted molar refractivity (Wildman–Crippen MR) is 136 cm³/mol. The zero-order valence-corrected chi connectivity index (χ0v) is 21.3. The Morgan fingerprint density at radius 2 is 1.31 bits per heavy atom. The molecule has 0 radical (unpaired) electrons. The molecule has 0 spiro atoms. The minimum Gasteiger partial charge on any atom is -0.448 e. The highest BCUT2D eigenvalue weighted by atomic mass is 16.6. The quantitative estimate of drug-likeness (QED) is 0.113. The number of rotatable bonds is 22. The number of hydrogen-bond donors (Lipinski definition) is 6. The second kappa shape index (κ2) is 22.3. The molecule has 206 valence electrons. The maximum Gasteiger partial charge on any atom is 0.410 e. The standard InChI is InChI=1S/C23H49N7O5/c24-12-6-2-1-3-9-15-30(23(33)35-17-19(27)10-4-7-13-25)16-21(31)29-20(11-5-8-14-26)18-34-22(28)32/h19-20H,1-18,24-27H2,(H2,28,32)(H,29,31)/t19-,20-/m0/s1. The van der Waals surface area contributed by atoms with Crippen LogP contribution in [0.4, 0.5) is 9.59 Å². The monoisotopic (exact) mass is 503 g/mol. The predicted octanol–water partition coefficient (Wildman–Crippen LogP) is 0.500. The minimum absolute atomic E-state index is 0.0467. The summed E-state index contributed by atoms with van der Waals surface area (Å²) < 4.78 is 10.3. The van der Waals surface area contributed by atoms with E-state index < -0.39 is 18.2 Å². The van der Waals surface area contributed by atoms with E-state index in [4.69, 9.17) is 38.1 Å². The smallest absolute Gasteiger partial charge is 0.410 e. The lowest BCUT2D eigenvalue weighted by Gasteiger charge is -2.24. The van der Waals surface area contributed by atoms with Crippen molar-refractivity contribution in [3.63, 3.8) is 0 Å². The largest absolute Gasteiger partial charge is 0.448 e. The van der Waals surface area contributed by atoms with E-state index in [0.717, 1.165) is 57.8 Å². The third-order valence-corrected chi connectivity index (χ3v) is 5.47. The molecule has 0 rings (SSSR count). The Kier molecular flexibility index (Phi) is 21.0. The number of nitrogens with one attached hydrogen (secondary N) is 1. The molecule has 0 saturated heterocycles. The van der Waals surface area contributed by atoms with Crippen LogP contribution < -0.4 is 34.0 Å². The highest BCUT2D eigenvalue weighted by Gasteiger charge is 2.21. The van der Waals surface area contributed by atoms with Crippen molar-refractivity contribution in [2.24, 2.45) is 28.7 Å². The number of amides is 3. The number of nitrogens with two attached hydrogens (primary N) is 5. The van der Waals surface area contributed by atoms with Crippen LogP contribution in [0.15, 0.2) is 0 Å². The molecule has 3 amide bonds. The molecule has 0 fully saturated rings. The van der Waals surface area contributed by atoms with Crippen molar-refractivity contribution in [1.82, 2.24) is 10.2 Å². The van der Waals surface area contributed by atoms with Crippen LogP contribution in [-0.2, 0) is 14.3 Å².